The molecule has 0 atom stereocenters. The topological polar surface area (TPSA) is 140 Å². The molecule has 4 rings (SSSR count). The summed E-state index contributed by atoms with van der Waals surface area (Å²) in [7, 11) is 3.07. The minimum atomic E-state index is -0.549. The predicted molar refractivity (Wildman–Crippen MR) is 197 cm³/mol. The van der Waals surface area contributed by atoms with E-state index in [1.54, 1.807) is 66.9 Å². The van der Waals surface area contributed by atoms with Gasteiger partial charge in [-0.25, -0.2) is 9.97 Å². The second-order valence-electron chi connectivity index (χ2n) is 13.2. The number of rotatable bonds is 14. The van der Waals surface area contributed by atoms with Crippen molar-refractivity contribution in [1.82, 2.24) is 9.97 Å². The molecule has 4 heterocycles. The van der Waals surface area contributed by atoms with Crippen molar-refractivity contribution >= 4 is 78.2 Å². The number of ketones is 2. The highest BCUT2D eigenvalue weighted by Crippen LogP contribution is 2.35. The molecular weight excluding hydrogens is 704 g/mol. The molecule has 0 N–H and O–H groups in total. The number of ether oxygens (including phenoxy) is 5. The molecule has 0 saturated carbocycles. The third kappa shape index (κ3) is 12.5. The molecule has 4 aromatic rings. The van der Waals surface area contributed by atoms with Gasteiger partial charge in [-0.1, -0.05) is 24.9 Å². The van der Waals surface area contributed by atoms with E-state index in [1.165, 1.54) is 29.8 Å². The molecule has 0 bridgehead atoms. The smallest absolute Gasteiger partial charge is 0.306 e. The van der Waals surface area contributed by atoms with Crippen LogP contribution in [0.2, 0.25) is 5.15 Å². The van der Waals surface area contributed by atoms with Crippen LogP contribution in [-0.4, -0.2) is 65.5 Å². The summed E-state index contributed by atoms with van der Waals surface area (Å²) in [5.74, 6) is 0.481. The second-order valence-corrected chi connectivity index (χ2v) is 15.7. The highest BCUT2D eigenvalue weighted by Gasteiger charge is 2.21. The highest BCUT2D eigenvalue weighted by atomic mass is 35.5. The van der Waals surface area contributed by atoms with Gasteiger partial charge in [-0.2, -0.15) is 0 Å². The maximum atomic E-state index is 12.4. The number of pyridine rings is 2. The monoisotopic (exact) mass is 748 g/mol. The fraction of sp³-hybridized carbons (Fsp3) is 0.500. The van der Waals surface area contributed by atoms with Crippen molar-refractivity contribution in [2.45, 2.75) is 98.2 Å². The Bertz CT molecular complexity index is 1820. The maximum Gasteiger partial charge on any atom is 0.306 e. The van der Waals surface area contributed by atoms with Gasteiger partial charge in [0.2, 0.25) is 0 Å². The van der Waals surface area contributed by atoms with Crippen LogP contribution in [0.3, 0.4) is 0 Å². The fourth-order valence-corrected chi connectivity index (χ4v) is 6.52. The molecule has 0 radical (unpaired) electrons. The van der Waals surface area contributed by atoms with E-state index in [9.17, 15) is 19.2 Å². The van der Waals surface area contributed by atoms with E-state index in [0.29, 0.717) is 44.8 Å². The molecule has 0 aliphatic carbocycles. The summed E-state index contributed by atoms with van der Waals surface area (Å²) in [6.07, 6.45) is 2.29. The van der Waals surface area contributed by atoms with Crippen molar-refractivity contribution in [2.75, 3.05) is 20.8 Å². The van der Waals surface area contributed by atoms with Gasteiger partial charge in [0.15, 0.2) is 28.2 Å². The average molecular weight is 749 g/mol. The van der Waals surface area contributed by atoms with Gasteiger partial charge >= 0.3 is 11.9 Å². The molecule has 0 unspecified atom stereocenters. The first-order chi connectivity index (χ1) is 23.4. The lowest BCUT2D eigenvalue weighted by molar-refractivity contribution is -0.155. The number of carbonyl (C=O) groups is 4. The number of halogens is 1. The lowest BCUT2D eigenvalue weighted by Gasteiger charge is -2.19. The molecule has 11 nitrogen and oxygen atoms in total. The van der Waals surface area contributed by atoms with Crippen LogP contribution in [0.15, 0.2) is 24.3 Å². The number of carbonyl (C=O) groups excluding carboxylic acids is 4. The van der Waals surface area contributed by atoms with Crippen molar-refractivity contribution in [1.29, 1.82) is 0 Å². The van der Waals surface area contributed by atoms with E-state index in [-0.39, 0.29) is 54.3 Å². The Kier molecular flexibility index (Phi) is 14.6. The van der Waals surface area contributed by atoms with Crippen molar-refractivity contribution in [2.24, 2.45) is 0 Å². The van der Waals surface area contributed by atoms with Crippen LogP contribution >= 0.6 is 34.3 Å². The van der Waals surface area contributed by atoms with Crippen LogP contribution in [0.25, 0.3) is 20.4 Å². The molecule has 0 amide bonds. The first kappa shape index (κ1) is 40.6. The lowest BCUT2D eigenvalue weighted by atomic mass is 10.1. The zero-order valence-electron chi connectivity index (χ0n) is 30.0. The first-order valence-corrected chi connectivity index (χ1v) is 18.2. The number of thiophene rings is 2. The van der Waals surface area contributed by atoms with Crippen LogP contribution in [0.1, 0.15) is 106 Å². The lowest BCUT2D eigenvalue weighted by Crippen LogP contribution is -2.24. The molecule has 4 aromatic heterocycles. The number of methoxy groups -OCH3 is 2. The van der Waals surface area contributed by atoms with E-state index in [2.05, 4.69) is 16.9 Å². The van der Waals surface area contributed by atoms with E-state index < -0.39 is 11.2 Å². The zero-order valence-corrected chi connectivity index (χ0v) is 32.4. The normalized spacial score (nSPS) is 11.5. The quantitative estimate of drug-likeness (QED) is 0.0528. The number of aromatic nitrogens is 2. The third-order valence-corrected chi connectivity index (χ3v) is 9.03. The molecule has 14 heteroatoms. The number of unbranched alkanes of at least 4 members (excludes halogenated alkanes) is 1. The summed E-state index contributed by atoms with van der Waals surface area (Å²) in [5.41, 5.74) is 0.232. The van der Waals surface area contributed by atoms with Gasteiger partial charge in [0.25, 0.3) is 5.88 Å². The number of fused-ring (bicyclic) bond motifs is 2. The SMILES string of the molecule is CCCCOc1nc2cc(C(=O)CCC(=O)OC(C)(C)C)sc2cc1OC.COc1cc2sc(C(=O)CCC(=O)OC(C)(C)C)cc2nc1Cl. The van der Waals surface area contributed by atoms with Crippen LogP contribution in [0.4, 0.5) is 0 Å². The predicted octanol–water partition coefficient (Wildman–Crippen LogP) is 9.05. The average Bonchev–Trinajstić information content (AvgIpc) is 3.64. The number of hydrogen-bond acceptors (Lipinski definition) is 13. The van der Waals surface area contributed by atoms with Gasteiger partial charge in [0.1, 0.15) is 11.2 Å². The summed E-state index contributed by atoms with van der Waals surface area (Å²) in [5, 5.41) is 0.255. The maximum absolute atomic E-state index is 12.4. The Morgan fingerprint density at radius 2 is 1.16 bits per heavy atom. The largest absolute Gasteiger partial charge is 0.493 e. The minimum Gasteiger partial charge on any atom is -0.493 e. The van der Waals surface area contributed by atoms with Crippen molar-refractivity contribution in [3.63, 3.8) is 0 Å². The Morgan fingerprint density at radius 1 is 0.700 bits per heavy atom. The Morgan fingerprint density at radius 3 is 1.60 bits per heavy atom. The number of nitrogens with zero attached hydrogens (tertiary/aromatic N) is 2. The van der Waals surface area contributed by atoms with E-state index in [0.717, 1.165) is 22.2 Å². The molecule has 0 saturated heterocycles. The Labute approximate surface area is 305 Å². The first-order valence-electron chi connectivity index (χ1n) is 16.2. The summed E-state index contributed by atoms with van der Waals surface area (Å²) in [6.45, 7) is 13.4. The van der Waals surface area contributed by atoms with Gasteiger partial charge in [-0.15, -0.1) is 22.7 Å². The summed E-state index contributed by atoms with van der Waals surface area (Å²) in [4.78, 5) is 58.0. The van der Waals surface area contributed by atoms with Crippen LogP contribution in [0, 0.1) is 0 Å². The summed E-state index contributed by atoms with van der Waals surface area (Å²) >= 11 is 8.62. The van der Waals surface area contributed by atoms with Gasteiger partial charge in [0, 0.05) is 25.0 Å². The van der Waals surface area contributed by atoms with Crippen molar-refractivity contribution in [3.05, 3.63) is 39.2 Å². The minimum absolute atomic E-state index is 0.0574. The number of Topliss-reactive ketones (excluding diaryl/α,β-unsaturated/α-hetero) is 2. The second kappa shape index (κ2) is 17.9. The van der Waals surface area contributed by atoms with E-state index in [1.807, 2.05) is 6.07 Å². The van der Waals surface area contributed by atoms with Crippen molar-refractivity contribution < 1.29 is 42.9 Å². The Balaban J connectivity index is 0.000000274. The van der Waals surface area contributed by atoms with Crippen LogP contribution < -0.4 is 14.2 Å². The molecule has 50 heavy (non-hydrogen) atoms. The van der Waals surface area contributed by atoms with Crippen LogP contribution in [-0.2, 0) is 19.1 Å². The summed E-state index contributed by atoms with van der Waals surface area (Å²) < 4.78 is 28.3. The molecular formula is C36H45ClN2O9S2. The third-order valence-electron chi connectivity index (χ3n) is 6.54. The van der Waals surface area contributed by atoms with E-state index in [4.69, 9.17) is 35.3 Å². The number of hydrogen-bond donors (Lipinski definition) is 0. The summed E-state index contributed by atoms with van der Waals surface area (Å²) in [6, 6.07) is 7.01. The molecule has 0 fully saturated rings. The zero-order chi connectivity index (χ0) is 37.2. The molecule has 0 spiro atoms. The highest BCUT2D eigenvalue weighted by molar-refractivity contribution is 7.21. The van der Waals surface area contributed by atoms with Crippen molar-refractivity contribution in [3.8, 4) is 17.4 Å². The van der Waals surface area contributed by atoms with Gasteiger partial charge in [-0.3, -0.25) is 19.2 Å². The van der Waals surface area contributed by atoms with Gasteiger partial charge in [0.05, 0.1) is 63.9 Å². The Hall–Kier alpha value is -3.81. The van der Waals surface area contributed by atoms with E-state index >= 15 is 0 Å². The molecule has 272 valence electrons. The van der Waals surface area contributed by atoms with Gasteiger partial charge in [-0.05, 0) is 60.1 Å². The van der Waals surface area contributed by atoms with Gasteiger partial charge < -0.3 is 23.7 Å². The fourth-order valence-electron chi connectivity index (χ4n) is 4.30. The number of esters is 2. The standard InChI is InChI=1S/C20H27NO5S.C16H18ClNO4S/c1-6-7-10-25-19-15(24-5)12-16-13(21-19)11-17(27-16)14(22)8-9-18(23)26-20(2,3)4;1-16(2,3)22-14(20)6-5-10(19)13-7-9-12(23-13)8-11(21-4)15(17)18-9/h11-12H,6-10H2,1-5H3;7-8H,5-6H2,1-4H3. The molecule has 0 aliphatic rings. The molecule has 0 aliphatic heterocycles. The van der Waals surface area contributed by atoms with Crippen LogP contribution in [0.5, 0.6) is 17.4 Å². The molecule has 0 aromatic carbocycles.